The van der Waals surface area contributed by atoms with Gasteiger partial charge in [-0.15, -0.1) is 0 Å². The van der Waals surface area contributed by atoms with Gasteiger partial charge < -0.3 is 15.1 Å². The first kappa shape index (κ1) is 22.0. The molecule has 0 aliphatic rings. The molecule has 164 valence electrons. The predicted octanol–water partition coefficient (Wildman–Crippen LogP) is 6.12. The summed E-state index contributed by atoms with van der Waals surface area (Å²) >= 11 is 3.33. The summed E-state index contributed by atoms with van der Waals surface area (Å²) < 4.78 is 6.48. The molecule has 0 radical (unpaired) electrons. The van der Waals surface area contributed by atoms with Crippen molar-refractivity contribution >= 4 is 44.8 Å². The van der Waals surface area contributed by atoms with E-state index >= 15 is 0 Å². The van der Waals surface area contributed by atoms with Crippen molar-refractivity contribution in [2.75, 3.05) is 10.6 Å². The molecule has 4 rings (SSSR count). The van der Waals surface area contributed by atoms with Gasteiger partial charge >= 0.3 is 0 Å². The van der Waals surface area contributed by atoms with Gasteiger partial charge in [-0.05, 0) is 72.8 Å². The fourth-order valence-corrected chi connectivity index (χ4v) is 3.26. The summed E-state index contributed by atoms with van der Waals surface area (Å²) in [5.41, 5.74) is 2.22. The third-order valence-electron chi connectivity index (χ3n) is 4.70. The lowest BCUT2D eigenvalue weighted by Crippen LogP contribution is -2.12. The Kier molecular flexibility index (Phi) is 6.32. The van der Waals surface area contributed by atoms with Gasteiger partial charge in [-0.3, -0.25) is 19.7 Å². The van der Waals surface area contributed by atoms with E-state index in [1.807, 2.05) is 0 Å². The molecule has 0 unspecified atom stereocenters. The van der Waals surface area contributed by atoms with Crippen LogP contribution in [0.3, 0.4) is 0 Å². The first-order valence-electron chi connectivity index (χ1n) is 9.72. The first-order valence-corrected chi connectivity index (χ1v) is 10.5. The minimum absolute atomic E-state index is 0.0280. The molecule has 0 saturated heterocycles. The third kappa shape index (κ3) is 5.34. The number of nitrogens with zero attached hydrogens (tertiary/aromatic N) is 1. The molecule has 33 heavy (non-hydrogen) atoms. The van der Waals surface area contributed by atoms with Crippen molar-refractivity contribution in [2.24, 2.45) is 0 Å². The van der Waals surface area contributed by atoms with E-state index in [1.54, 1.807) is 66.7 Å². The van der Waals surface area contributed by atoms with Crippen LogP contribution < -0.4 is 10.6 Å². The van der Waals surface area contributed by atoms with E-state index in [9.17, 15) is 19.7 Å². The molecule has 1 aromatic heterocycles. The van der Waals surface area contributed by atoms with Gasteiger partial charge in [0.2, 0.25) is 0 Å². The number of non-ortho nitro benzene ring substituents is 1. The first-order chi connectivity index (χ1) is 15.9. The molecule has 0 atom stereocenters. The van der Waals surface area contributed by atoms with Crippen LogP contribution in [0.2, 0.25) is 0 Å². The summed E-state index contributed by atoms with van der Waals surface area (Å²) in [6.07, 6.45) is 0. The van der Waals surface area contributed by atoms with Crippen LogP contribution in [0.4, 0.5) is 17.1 Å². The van der Waals surface area contributed by atoms with E-state index in [1.165, 1.54) is 18.2 Å². The van der Waals surface area contributed by atoms with Crippen LogP contribution in [0.25, 0.3) is 11.3 Å². The highest BCUT2D eigenvalue weighted by Gasteiger charge is 2.14. The van der Waals surface area contributed by atoms with Crippen molar-refractivity contribution in [3.8, 4) is 11.3 Å². The molecule has 0 aliphatic heterocycles. The molecule has 9 heteroatoms. The van der Waals surface area contributed by atoms with Crippen LogP contribution in [0.15, 0.2) is 93.8 Å². The zero-order valence-electron chi connectivity index (χ0n) is 16.9. The second-order valence-corrected chi connectivity index (χ2v) is 7.88. The fraction of sp³-hybridized carbons (Fsp3) is 0. The molecule has 8 nitrogen and oxygen atoms in total. The second kappa shape index (κ2) is 9.49. The number of hydrogen-bond acceptors (Lipinski definition) is 5. The average Bonchev–Trinajstić information content (AvgIpc) is 3.31. The molecular weight excluding hydrogens is 490 g/mol. The molecule has 0 aliphatic carbocycles. The number of carbonyl (C=O) groups excluding carboxylic acids is 2. The number of furan rings is 1. The Balaban J connectivity index is 1.38. The number of nitro groups is 1. The lowest BCUT2D eigenvalue weighted by molar-refractivity contribution is -0.384. The van der Waals surface area contributed by atoms with Gasteiger partial charge in [0.25, 0.3) is 17.5 Å². The van der Waals surface area contributed by atoms with Crippen LogP contribution >= 0.6 is 15.9 Å². The molecule has 0 saturated carbocycles. The lowest BCUT2D eigenvalue weighted by atomic mass is 10.1. The number of anilines is 2. The standard InChI is InChI=1S/C24H16BrN3O5/c25-17-5-1-16(2-6-17)23(29)26-18-7-9-19(10-8-18)27-24(30)22-14-13-21(33-22)15-3-11-20(12-4-15)28(31)32/h1-14H,(H,26,29)(H,27,30). The van der Waals surface area contributed by atoms with E-state index in [2.05, 4.69) is 26.6 Å². The van der Waals surface area contributed by atoms with Crippen molar-refractivity contribution in [2.45, 2.75) is 0 Å². The maximum atomic E-state index is 12.5. The number of hydrogen-bond donors (Lipinski definition) is 2. The summed E-state index contributed by atoms with van der Waals surface area (Å²) in [5.74, 6) is -0.180. The van der Waals surface area contributed by atoms with Crippen molar-refractivity contribution in [3.63, 3.8) is 0 Å². The second-order valence-electron chi connectivity index (χ2n) is 6.96. The van der Waals surface area contributed by atoms with E-state index in [0.29, 0.717) is 28.3 Å². The summed E-state index contributed by atoms with van der Waals surface area (Å²) in [5, 5.41) is 16.3. The van der Waals surface area contributed by atoms with Gasteiger partial charge in [-0.2, -0.15) is 0 Å². The zero-order valence-corrected chi connectivity index (χ0v) is 18.5. The molecule has 1 heterocycles. The molecule has 0 spiro atoms. The summed E-state index contributed by atoms with van der Waals surface area (Å²) in [4.78, 5) is 35.1. The Bertz CT molecular complexity index is 1310. The van der Waals surface area contributed by atoms with Crippen LogP contribution in [0.1, 0.15) is 20.9 Å². The maximum absolute atomic E-state index is 12.5. The lowest BCUT2D eigenvalue weighted by Gasteiger charge is -2.07. The van der Waals surface area contributed by atoms with Gasteiger partial charge in [-0.1, -0.05) is 15.9 Å². The van der Waals surface area contributed by atoms with Crippen molar-refractivity contribution in [1.29, 1.82) is 0 Å². The number of benzene rings is 3. The van der Waals surface area contributed by atoms with Gasteiger partial charge in [-0.25, -0.2) is 0 Å². The highest BCUT2D eigenvalue weighted by atomic mass is 79.9. The van der Waals surface area contributed by atoms with Gasteiger partial charge in [0.15, 0.2) is 5.76 Å². The van der Waals surface area contributed by atoms with E-state index in [0.717, 1.165) is 4.47 Å². The number of nitrogens with one attached hydrogen (secondary N) is 2. The number of carbonyl (C=O) groups is 2. The van der Waals surface area contributed by atoms with Crippen LogP contribution in [0, 0.1) is 10.1 Å². The Morgan fingerprint density at radius 2 is 1.33 bits per heavy atom. The Labute approximate surface area is 196 Å². The van der Waals surface area contributed by atoms with E-state index < -0.39 is 10.8 Å². The summed E-state index contributed by atoms with van der Waals surface area (Å²) in [7, 11) is 0. The molecular formula is C24H16BrN3O5. The Morgan fingerprint density at radius 1 is 0.758 bits per heavy atom. The SMILES string of the molecule is O=C(Nc1ccc(NC(=O)c2ccc(-c3ccc([N+](=O)[O-])cc3)o2)cc1)c1ccc(Br)cc1. The molecule has 3 aromatic carbocycles. The number of amides is 2. The maximum Gasteiger partial charge on any atom is 0.291 e. The molecule has 2 amide bonds. The zero-order chi connectivity index (χ0) is 23.4. The van der Waals surface area contributed by atoms with Gasteiger partial charge in [0.1, 0.15) is 5.76 Å². The van der Waals surface area contributed by atoms with E-state index in [4.69, 9.17) is 4.42 Å². The van der Waals surface area contributed by atoms with Gasteiger partial charge in [0.05, 0.1) is 4.92 Å². The minimum atomic E-state index is -0.484. The van der Waals surface area contributed by atoms with E-state index in [-0.39, 0.29) is 17.4 Å². The number of nitro benzene ring substituents is 1. The van der Waals surface area contributed by atoms with Crippen LogP contribution in [0.5, 0.6) is 0 Å². The highest BCUT2D eigenvalue weighted by Crippen LogP contribution is 2.25. The van der Waals surface area contributed by atoms with Crippen LogP contribution in [-0.2, 0) is 0 Å². The largest absolute Gasteiger partial charge is 0.451 e. The molecule has 4 aromatic rings. The molecule has 2 N–H and O–H groups in total. The quantitative estimate of drug-likeness (QED) is 0.242. The van der Waals surface area contributed by atoms with Crippen molar-refractivity contribution < 1.29 is 18.9 Å². The molecule has 0 fully saturated rings. The van der Waals surface area contributed by atoms with Crippen molar-refractivity contribution in [1.82, 2.24) is 0 Å². The van der Waals surface area contributed by atoms with Crippen LogP contribution in [-0.4, -0.2) is 16.7 Å². The van der Waals surface area contributed by atoms with Crippen molar-refractivity contribution in [3.05, 3.63) is 111 Å². The minimum Gasteiger partial charge on any atom is -0.451 e. The topological polar surface area (TPSA) is 114 Å². The fourth-order valence-electron chi connectivity index (χ4n) is 3.00. The Morgan fingerprint density at radius 3 is 1.91 bits per heavy atom. The monoisotopic (exact) mass is 505 g/mol. The number of rotatable bonds is 6. The summed E-state index contributed by atoms with van der Waals surface area (Å²) in [6, 6.07) is 22.7. The molecule has 0 bridgehead atoms. The summed E-state index contributed by atoms with van der Waals surface area (Å²) in [6.45, 7) is 0. The van der Waals surface area contributed by atoms with Gasteiger partial charge in [0, 0.05) is 39.1 Å². The third-order valence-corrected chi connectivity index (χ3v) is 5.23. The Hall–Kier alpha value is -4.24. The smallest absolute Gasteiger partial charge is 0.291 e. The number of halogens is 1. The normalized spacial score (nSPS) is 10.5. The average molecular weight is 506 g/mol. The highest BCUT2D eigenvalue weighted by molar-refractivity contribution is 9.10. The predicted molar refractivity (Wildman–Crippen MR) is 127 cm³/mol.